The van der Waals surface area contributed by atoms with E-state index in [4.69, 9.17) is 15.7 Å². The second kappa shape index (κ2) is 7.55. The minimum Gasteiger partial charge on any atom is -0.378 e. The van der Waals surface area contributed by atoms with Crippen LogP contribution in [0.25, 0.3) is 0 Å². The van der Waals surface area contributed by atoms with Gasteiger partial charge in [-0.25, -0.2) is 8.42 Å². The van der Waals surface area contributed by atoms with Crippen LogP contribution in [-0.2, 0) is 14.6 Å². The Balaban J connectivity index is 2.56. The maximum absolute atomic E-state index is 12.1. The van der Waals surface area contributed by atoms with Crippen molar-refractivity contribution in [3.8, 4) is 6.07 Å². The molecular weight excluding hydrogens is 288 g/mol. The molecule has 116 valence electrons. The molecule has 0 bridgehead atoms. The molecule has 0 saturated carbocycles. The number of nitrogens with two attached hydrogens (primary N) is 1. The Labute approximate surface area is 126 Å². The summed E-state index contributed by atoms with van der Waals surface area (Å²) >= 11 is 0. The largest absolute Gasteiger partial charge is 0.378 e. The van der Waals surface area contributed by atoms with Gasteiger partial charge in [0.25, 0.3) is 0 Å². The van der Waals surface area contributed by atoms with Gasteiger partial charge < -0.3 is 10.5 Å². The van der Waals surface area contributed by atoms with Gasteiger partial charge in [-0.3, -0.25) is 0 Å². The molecule has 6 heteroatoms. The van der Waals surface area contributed by atoms with E-state index in [1.54, 1.807) is 0 Å². The molecule has 0 heterocycles. The van der Waals surface area contributed by atoms with E-state index in [0.29, 0.717) is 12.2 Å². The van der Waals surface area contributed by atoms with Gasteiger partial charge in [0.05, 0.1) is 35.5 Å². The van der Waals surface area contributed by atoms with Crippen LogP contribution < -0.4 is 5.73 Å². The minimum absolute atomic E-state index is 0.0948. The maximum Gasteiger partial charge on any atom is 0.180 e. The Hall–Kier alpha value is -1.42. The molecule has 5 nitrogen and oxygen atoms in total. The van der Waals surface area contributed by atoms with E-state index >= 15 is 0 Å². The summed E-state index contributed by atoms with van der Waals surface area (Å²) in [5.74, 6) is -0.0948. The third-order valence-corrected chi connectivity index (χ3v) is 5.33. The molecule has 0 aliphatic carbocycles. The maximum atomic E-state index is 12.1. The summed E-state index contributed by atoms with van der Waals surface area (Å²) in [6.07, 6.45) is 1.57. The summed E-state index contributed by atoms with van der Waals surface area (Å²) in [6, 6.07) is 7.83. The van der Waals surface area contributed by atoms with Crippen LogP contribution in [0.4, 0.5) is 0 Å². The Morgan fingerprint density at radius 2 is 1.81 bits per heavy atom. The molecule has 0 aromatic heterocycles. The molecule has 0 aliphatic heterocycles. The predicted octanol–water partition coefficient (Wildman–Crippen LogP) is 1.87. The molecule has 1 aromatic rings. The average molecular weight is 310 g/mol. The van der Waals surface area contributed by atoms with E-state index in [9.17, 15) is 8.42 Å². The Kier molecular flexibility index (Phi) is 6.34. The van der Waals surface area contributed by atoms with E-state index in [1.165, 1.54) is 24.3 Å². The summed E-state index contributed by atoms with van der Waals surface area (Å²) < 4.78 is 29.6. The van der Waals surface area contributed by atoms with Gasteiger partial charge in [-0.1, -0.05) is 13.8 Å². The first kappa shape index (κ1) is 17.6. The van der Waals surface area contributed by atoms with Crippen LogP contribution in [0, 0.1) is 11.3 Å². The Bertz CT molecular complexity index is 584. The van der Waals surface area contributed by atoms with Gasteiger partial charge in [-0.2, -0.15) is 5.26 Å². The van der Waals surface area contributed by atoms with E-state index in [1.807, 2.05) is 19.9 Å². The molecule has 0 saturated heterocycles. The number of rotatable bonds is 8. The molecule has 1 aromatic carbocycles. The molecule has 21 heavy (non-hydrogen) atoms. The lowest BCUT2D eigenvalue weighted by atomic mass is 9.96. The highest BCUT2D eigenvalue weighted by molar-refractivity contribution is 7.91. The molecule has 1 rings (SSSR count). The predicted molar refractivity (Wildman–Crippen MR) is 81.5 cm³/mol. The van der Waals surface area contributed by atoms with Crippen molar-refractivity contribution in [1.29, 1.82) is 5.26 Å². The number of nitriles is 1. The number of nitrogens with zero attached hydrogens (tertiary/aromatic N) is 1. The van der Waals surface area contributed by atoms with Crippen LogP contribution in [0.2, 0.25) is 0 Å². The van der Waals surface area contributed by atoms with Crippen molar-refractivity contribution in [2.45, 2.75) is 37.1 Å². The highest BCUT2D eigenvalue weighted by atomic mass is 32.2. The topological polar surface area (TPSA) is 93.2 Å². The summed E-state index contributed by atoms with van der Waals surface area (Å²) in [4.78, 5) is 0.204. The normalized spacial score (nSPS) is 12.1. The van der Waals surface area contributed by atoms with Crippen molar-refractivity contribution >= 4 is 9.84 Å². The van der Waals surface area contributed by atoms with Crippen LogP contribution in [0.15, 0.2) is 29.2 Å². The average Bonchev–Trinajstić information content (AvgIpc) is 2.51. The van der Waals surface area contributed by atoms with Gasteiger partial charge in [-0.15, -0.1) is 0 Å². The first-order chi connectivity index (χ1) is 9.87. The quantitative estimate of drug-likeness (QED) is 0.740. The Morgan fingerprint density at radius 1 is 1.24 bits per heavy atom. The van der Waals surface area contributed by atoms with Crippen LogP contribution in [0.3, 0.4) is 0 Å². The van der Waals surface area contributed by atoms with Crippen LogP contribution in [0.5, 0.6) is 0 Å². The summed E-state index contributed by atoms with van der Waals surface area (Å²) in [7, 11) is -3.39. The zero-order valence-corrected chi connectivity index (χ0v) is 13.3. The van der Waals surface area contributed by atoms with E-state index in [0.717, 1.165) is 12.8 Å². The van der Waals surface area contributed by atoms with Crippen molar-refractivity contribution in [2.75, 3.05) is 19.0 Å². The molecular formula is C15H22N2O3S. The first-order valence-corrected chi connectivity index (χ1v) is 8.61. The van der Waals surface area contributed by atoms with Crippen molar-refractivity contribution in [3.05, 3.63) is 29.8 Å². The molecule has 0 fully saturated rings. The third-order valence-electron chi connectivity index (χ3n) is 3.64. The van der Waals surface area contributed by atoms with Crippen molar-refractivity contribution in [1.82, 2.24) is 0 Å². The van der Waals surface area contributed by atoms with Gasteiger partial charge in [-0.05, 0) is 37.1 Å². The molecule has 2 N–H and O–H groups in total. The van der Waals surface area contributed by atoms with Crippen molar-refractivity contribution in [3.63, 3.8) is 0 Å². The highest BCUT2D eigenvalue weighted by Crippen LogP contribution is 2.14. The fraction of sp³-hybridized carbons (Fsp3) is 0.533. The van der Waals surface area contributed by atoms with Crippen molar-refractivity contribution in [2.24, 2.45) is 5.73 Å². The molecule has 0 unspecified atom stereocenters. The number of hydrogen-bond acceptors (Lipinski definition) is 5. The zero-order valence-electron chi connectivity index (χ0n) is 12.5. The number of sulfone groups is 1. The lowest BCUT2D eigenvalue weighted by molar-refractivity contribution is 0.0916. The molecule has 0 atom stereocenters. The first-order valence-electron chi connectivity index (χ1n) is 6.96. The number of ether oxygens (including phenoxy) is 1. The van der Waals surface area contributed by atoms with Crippen LogP contribution >= 0.6 is 0 Å². The summed E-state index contributed by atoms with van der Waals surface area (Å²) in [5, 5.41) is 8.70. The fourth-order valence-electron chi connectivity index (χ4n) is 1.75. The van der Waals surface area contributed by atoms with Gasteiger partial charge in [0.15, 0.2) is 9.84 Å². The standard InChI is InChI=1S/C15H22N2O3S/c1-3-15(17,4-2)12-20-9-10-21(18,19)14-7-5-13(11-16)6-8-14/h5-8H,3-4,9-10,12,17H2,1-2H3. The zero-order chi connectivity index (χ0) is 15.9. The van der Waals surface area contributed by atoms with Gasteiger partial charge in [0.1, 0.15) is 0 Å². The van der Waals surface area contributed by atoms with Crippen LogP contribution in [0.1, 0.15) is 32.3 Å². The summed E-state index contributed by atoms with van der Waals surface area (Å²) in [6.45, 7) is 4.44. The highest BCUT2D eigenvalue weighted by Gasteiger charge is 2.21. The Morgan fingerprint density at radius 3 is 2.29 bits per heavy atom. The minimum atomic E-state index is -3.39. The van der Waals surface area contributed by atoms with Gasteiger partial charge in [0, 0.05) is 5.54 Å². The van der Waals surface area contributed by atoms with Crippen molar-refractivity contribution < 1.29 is 13.2 Å². The molecule has 0 radical (unpaired) electrons. The lowest BCUT2D eigenvalue weighted by Crippen LogP contribution is -2.43. The summed E-state index contributed by atoms with van der Waals surface area (Å²) in [5.41, 5.74) is 6.13. The van der Waals surface area contributed by atoms with E-state index in [-0.39, 0.29) is 17.3 Å². The SMILES string of the molecule is CCC(N)(CC)COCCS(=O)(=O)c1ccc(C#N)cc1. The third kappa shape index (κ3) is 5.12. The van der Waals surface area contributed by atoms with Crippen LogP contribution in [-0.4, -0.2) is 32.9 Å². The smallest absolute Gasteiger partial charge is 0.180 e. The lowest BCUT2D eigenvalue weighted by Gasteiger charge is -2.26. The monoisotopic (exact) mass is 310 g/mol. The second-order valence-electron chi connectivity index (χ2n) is 5.08. The molecule has 0 spiro atoms. The van der Waals surface area contributed by atoms with Gasteiger partial charge >= 0.3 is 0 Å². The van der Waals surface area contributed by atoms with E-state index < -0.39 is 15.4 Å². The van der Waals surface area contributed by atoms with E-state index in [2.05, 4.69) is 0 Å². The molecule has 0 amide bonds. The number of hydrogen-bond donors (Lipinski definition) is 1. The molecule has 0 aliphatic rings. The van der Waals surface area contributed by atoms with Gasteiger partial charge in [0.2, 0.25) is 0 Å². The number of benzene rings is 1. The second-order valence-corrected chi connectivity index (χ2v) is 7.19. The fourth-order valence-corrected chi connectivity index (χ4v) is 2.88.